The van der Waals surface area contributed by atoms with Crippen LogP contribution >= 0.6 is 0 Å². The summed E-state index contributed by atoms with van der Waals surface area (Å²) >= 11 is 0. The predicted octanol–water partition coefficient (Wildman–Crippen LogP) is 4.05. The molecule has 0 radical (unpaired) electrons. The maximum absolute atomic E-state index is 11.3. The minimum Gasteiger partial charge on any atom is -0.493 e. The number of hydrogen-bond donors (Lipinski definition) is 1. The molecule has 5 heteroatoms. The minimum absolute atomic E-state index is 0.137. The van der Waals surface area contributed by atoms with Gasteiger partial charge in [0.05, 0.1) is 17.6 Å². The van der Waals surface area contributed by atoms with E-state index in [1.165, 1.54) is 6.08 Å². The molecule has 0 spiro atoms. The molecule has 146 valence electrons. The van der Waals surface area contributed by atoms with Crippen LogP contribution in [0.25, 0.3) is 11.0 Å². The molecule has 0 aliphatic rings. The molecule has 0 fully saturated rings. The molecule has 0 atom stereocenters. The van der Waals surface area contributed by atoms with Gasteiger partial charge in [0, 0.05) is 19.5 Å². The minimum atomic E-state index is -0.137. The van der Waals surface area contributed by atoms with Crippen LogP contribution in [-0.4, -0.2) is 28.6 Å². The van der Waals surface area contributed by atoms with Crippen molar-refractivity contribution in [3.63, 3.8) is 0 Å². The average Bonchev–Trinajstić information content (AvgIpc) is 3.07. The number of carbonyl (C=O) groups is 1. The Labute approximate surface area is 166 Å². The van der Waals surface area contributed by atoms with Crippen LogP contribution in [0.1, 0.15) is 24.2 Å². The zero-order chi connectivity index (χ0) is 19.8. The van der Waals surface area contributed by atoms with Gasteiger partial charge in [0.15, 0.2) is 0 Å². The third kappa shape index (κ3) is 5.00. The summed E-state index contributed by atoms with van der Waals surface area (Å²) in [6, 6.07) is 16.3. The highest BCUT2D eigenvalue weighted by Gasteiger charge is 2.10. The first kappa shape index (κ1) is 19.7. The van der Waals surface area contributed by atoms with Gasteiger partial charge in [-0.2, -0.15) is 0 Å². The van der Waals surface area contributed by atoms with Gasteiger partial charge >= 0.3 is 0 Å². The van der Waals surface area contributed by atoms with Crippen molar-refractivity contribution in [3.05, 3.63) is 72.6 Å². The van der Waals surface area contributed by atoms with Crippen LogP contribution < -0.4 is 10.1 Å². The van der Waals surface area contributed by atoms with Crippen molar-refractivity contribution in [1.29, 1.82) is 0 Å². The number of rotatable bonds is 10. The second-order valence-electron chi connectivity index (χ2n) is 6.73. The van der Waals surface area contributed by atoms with Gasteiger partial charge < -0.3 is 14.6 Å². The fourth-order valence-electron chi connectivity index (χ4n) is 3.22. The van der Waals surface area contributed by atoms with Crippen LogP contribution in [0.2, 0.25) is 0 Å². The molecule has 0 bridgehead atoms. The van der Waals surface area contributed by atoms with Crippen LogP contribution in [0.4, 0.5) is 0 Å². The van der Waals surface area contributed by atoms with E-state index in [0.717, 1.165) is 54.0 Å². The number of aromatic nitrogens is 2. The summed E-state index contributed by atoms with van der Waals surface area (Å²) in [5, 5.41) is 2.82. The third-order valence-electron chi connectivity index (χ3n) is 4.67. The van der Waals surface area contributed by atoms with E-state index < -0.39 is 0 Å². The maximum atomic E-state index is 11.3. The quantitative estimate of drug-likeness (QED) is 0.428. The van der Waals surface area contributed by atoms with Gasteiger partial charge in [-0.25, -0.2) is 4.98 Å². The first-order valence-electron chi connectivity index (χ1n) is 9.72. The van der Waals surface area contributed by atoms with Gasteiger partial charge in [-0.15, -0.1) is 0 Å². The molecule has 3 aromatic rings. The van der Waals surface area contributed by atoms with E-state index >= 15 is 0 Å². The second-order valence-corrected chi connectivity index (χ2v) is 6.73. The Morgan fingerprint density at radius 1 is 1.18 bits per heavy atom. The Morgan fingerprint density at radius 2 is 1.96 bits per heavy atom. The van der Waals surface area contributed by atoms with Gasteiger partial charge in [0.25, 0.3) is 0 Å². The fourth-order valence-corrected chi connectivity index (χ4v) is 3.22. The maximum Gasteiger partial charge on any atom is 0.243 e. The molecule has 28 heavy (non-hydrogen) atoms. The van der Waals surface area contributed by atoms with Gasteiger partial charge in [-0.1, -0.05) is 36.9 Å². The molecule has 0 saturated heterocycles. The van der Waals surface area contributed by atoms with Crippen molar-refractivity contribution in [2.24, 2.45) is 0 Å². The number of carbonyl (C=O) groups excluding carboxylic acids is 1. The molecular formula is C23H27N3O2. The van der Waals surface area contributed by atoms with E-state index in [2.05, 4.69) is 35.5 Å². The van der Waals surface area contributed by atoms with Crippen LogP contribution in [0, 0.1) is 6.92 Å². The first-order chi connectivity index (χ1) is 13.7. The smallest absolute Gasteiger partial charge is 0.243 e. The first-order valence-corrected chi connectivity index (χ1v) is 9.72. The molecule has 0 saturated carbocycles. The molecule has 3 rings (SSSR count). The normalized spacial score (nSPS) is 10.8. The lowest BCUT2D eigenvalue weighted by atomic mass is 10.2. The number of aryl methyl sites for hydroxylation is 3. The van der Waals surface area contributed by atoms with Gasteiger partial charge in [-0.05, 0) is 49.6 Å². The molecule has 0 aliphatic heterocycles. The average molecular weight is 377 g/mol. The highest BCUT2D eigenvalue weighted by Crippen LogP contribution is 2.19. The van der Waals surface area contributed by atoms with Crippen LogP contribution in [0.3, 0.4) is 0 Å². The molecule has 0 unspecified atom stereocenters. The van der Waals surface area contributed by atoms with Gasteiger partial charge in [-0.3, -0.25) is 4.79 Å². The number of para-hydroxylation sites is 3. The van der Waals surface area contributed by atoms with Crippen molar-refractivity contribution in [2.75, 3.05) is 13.2 Å². The topological polar surface area (TPSA) is 56.2 Å². The molecule has 1 heterocycles. The number of imidazole rings is 1. The molecule has 1 amide bonds. The summed E-state index contributed by atoms with van der Waals surface area (Å²) < 4.78 is 8.20. The SMILES string of the molecule is C=CC(=O)NCCCc1nc2ccccc2n1CCCOc1ccccc1C. The summed E-state index contributed by atoms with van der Waals surface area (Å²) in [6.07, 6.45) is 3.84. The predicted molar refractivity (Wildman–Crippen MR) is 113 cm³/mol. The van der Waals surface area contributed by atoms with E-state index in [1.807, 2.05) is 36.4 Å². The van der Waals surface area contributed by atoms with Crippen molar-refractivity contribution >= 4 is 16.9 Å². The Bertz CT molecular complexity index is 946. The number of fused-ring (bicyclic) bond motifs is 1. The van der Waals surface area contributed by atoms with Gasteiger partial charge in [0.1, 0.15) is 11.6 Å². The van der Waals surface area contributed by atoms with Crippen molar-refractivity contribution in [2.45, 2.75) is 32.7 Å². The summed E-state index contributed by atoms with van der Waals surface area (Å²) in [6.45, 7) is 7.65. The molecule has 1 aromatic heterocycles. The third-order valence-corrected chi connectivity index (χ3v) is 4.67. The van der Waals surface area contributed by atoms with Crippen molar-refractivity contribution in [3.8, 4) is 5.75 Å². The fraction of sp³-hybridized carbons (Fsp3) is 0.304. The van der Waals surface area contributed by atoms with Crippen LogP contribution in [0.15, 0.2) is 61.2 Å². The molecule has 1 N–H and O–H groups in total. The number of hydrogen-bond acceptors (Lipinski definition) is 3. The molecule has 5 nitrogen and oxygen atoms in total. The monoisotopic (exact) mass is 377 g/mol. The Hall–Kier alpha value is -3.08. The van der Waals surface area contributed by atoms with Crippen molar-refractivity contribution < 1.29 is 9.53 Å². The Kier molecular flexibility index (Phi) is 6.84. The van der Waals surface area contributed by atoms with Crippen molar-refractivity contribution in [1.82, 2.24) is 14.9 Å². The van der Waals surface area contributed by atoms with Crippen LogP contribution in [0.5, 0.6) is 5.75 Å². The van der Waals surface area contributed by atoms with E-state index in [4.69, 9.17) is 9.72 Å². The zero-order valence-corrected chi connectivity index (χ0v) is 16.4. The lowest BCUT2D eigenvalue weighted by Gasteiger charge is -2.12. The number of nitrogens with zero attached hydrogens (tertiary/aromatic N) is 2. The summed E-state index contributed by atoms with van der Waals surface area (Å²) in [5.41, 5.74) is 3.30. The number of amides is 1. The largest absolute Gasteiger partial charge is 0.493 e. The number of nitrogens with one attached hydrogen (secondary N) is 1. The summed E-state index contributed by atoms with van der Waals surface area (Å²) in [7, 11) is 0. The number of ether oxygens (including phenoxy) is 1. The standard InChI is InChI=1S/C23H27N3O2/c1-3-23(27)24-15-8-14-22-25-19-11-5-6-12-20(19)26(22)16-9-17-28-21-13-7-4-10-18(21)2/h3-7,10-13H,1,8-9,14-17H2,2H3,(H,24,27). The highest BCUT2D eigenvalue weighted by molar-refractivity contribution is 5.86. The Morgan fingerprint density at radius 3 is 2.79 bits per heavy atom. The highest BCUT2D eigenvalue weighted by atomic mass is 16.5. The Balaban J connectivity index is 1.61. The van der Waals surface area contributed by atoms with Gasteiger partial charge in [0.2, 0.25) is 5.91 Å². The molecule has 0 aliphatic carbocycles. The van der Waals surface area contributed by atoms with E-state index in [1.54, 1.807) is 0 Å². The van der Waals surface area contributed by atoms with E-state index in [0.29, 0.717) is 13.2 Å². The van der Waals surface area contributed by atoms with E-state index in [9.17, 15) is 4.79 Å². The molecular weight excluding hydrogens is 350 g/mol. The zero-order valence-electron chi connectivity index (χ0n) is 16.4. The number of benzene rings is 2. The summed E-state index contributed by atoms with van der Waals surface area (Å²) in [5.74, 6) is 1.85. The second kappa shape index (κ2) is 9.74. The van der Waals surface area contributed by atoms with Crippen LogP contribution in [-0.2, 0) is 17.8 Å². The van der Waals surface area contributed by atoms with E-state index in [-0.39, 0.29) is 5.91 Å². The molecule has 2 aromatic carbocycles. The summed E-state index contributed by atoms with van der Waals surface area (Å²) in [4.78, 5) is 16.1. The lowest BCUT2D eigenvalue weighted by Crippen LogP contribution is -2.22. The lowest BCUT2D eigenvalue weighted by molar-refractivity contribution is -0.116.